The quantitative estimate of drug-likeness (QED) is 0.235. The van der Waals surface area contributed by atoms with Gasteiger partial charge >= 0.3 is 5.97 Å². The molecule has 4 atom stereocenters. The van der Waals surface area contributed by atoms with Crippen molar-refractivity contribution >= 4 is 51.8 Å². The maximum atomic E-state index is 16.2. The standard InChI is InChI=1S/C32H29Cl2FN4O4.CH4/c1-16(2)43-13-12-39-25-10-11-38-24-9-6-17(30(40)41)14-23(24)36-29(38)26(25)27(19-4-3-5-21(34)28(19)35)32(39)20-8-7-18(33)15-22(20)37-31(32)42;/h3-9,14-16,25-27H,10-13H2,1-2H3,(H,37,42)(H,40,41);1H4/t25-,26+,27-,32+;/m0./s1. The third-order valence-corrected chi connectivity index (χ3v) is 9.66. The summed E-state index contributed by atoms with van der Waals surface area (Å²) in [7, 11) is 0. The van der Waals surface area contributed by atoms with Crippen LogP contribution in [0.2, 0.25) is 10.0 Å². The Hall–Kier alpha value is -3.50. The van der Waals surface area contributed by atoms with Gasteiger partial charge in [0.05, 0.1) is 34.3 Å². The summed E-state index contributed by atoms with van der Waals surface area (Å²) >= 11 is 12.8. The Kier molecular flexibility index (Phi) is 7.73. The van der Waals surface area contributed by atoms with E-state index in [1.807, 2.05) is 19.9 Å². The molecule has 4 aromatic rings. The monoisotopic (exact) mass is 638 g/mol. The molecular weight excluding hydrogens is 606 g/mol. The maximum Gasteiger partial charge on any atom is 0.335 e. The second-order valence-corrected chi connectivity index (χ2v) is 12.5. The highest BCUT2D eigenvalue weighted by atomic mass is 35.5. The summed E-state index contributed by atoms with van der Waals surface area (Å²) in [6, 6.07) is 14.9. The number of hydrogen-bond donors (Lipinski definition) is 2. The molecule has 1 fully saturated rings. The highest BCUT2D eigenvalue weighted by molar-refractivity contribution is 6.31. The summed E-state index contributed by atoms with van der Waals surface area (Å²) in [6.45, 7) is 5.29. The number of rotatable bonds is 6. The fourth-order valence-corrected chi connectivity index (χ4v) is 7.95. The number of carboxylic acids is 1. The molecule has 2 N–H and O–H groups in total. The molecular formula is C33H33Cl2FN4O4. The van der Waals surface area contributed by atoms with Crippen LogP contribution in [-0.4, -0.2) is 56.7 Å². The van der Waals surface area contributed by atoms with Crippen LogP contribution in [-0.2, 0) is 21.6 Å². The number of aryl methyl sites for hydroxylation is 1. The number of fused-ring (bicyclic) bond motifs is 7. The van der Waals surface area contributed by atoms with E-state index in [4.69, 9.17) is 32.9 Å². The minimum Gasteiger partial charge on any atom is -0.478 e. The first-order chi connectivity index (χ1) is 20.6. The van der Waals surface area contributed by atoms with Crippen LogP contribution in [0.25, 0.3) is 11.0 Å². The van der Waals surface area contributed by atoms with E-state index in [2.05, 4.69) is 14.8 Å². The highest BCUT2D eigenvalue weighted by Crippen LogP contribution is 2.64. The molecule has 3 aliphatic rings. The van der Waals surface area contributed by atoms with Crippen LogP contribution in [0.15, 0.2) is 54.6 Å². The van der Waals surface area contributed by atoms with Gasteiger partial charge in [0.25, 0.3) is 0 Å². The van der Waals surface area contributed by atoms with Gasteiger partial charge in [0.15, 0.2) is 0 Å². The molecule has 1 saturated heterocycles. The Morgan fingerprint density at radius 3 is 2.75 bits per heavy atom. The van der Waals surface area contributed by atoms with E-state index < -0.39 is 29.2 Å². The van der Waals surface area contributed by atoms with Crippen LogP contribution in [0.1, 0.15) is 66.8 Å². The summed E-state index contributed by atoms with van der Waals surface area (Å²) in [6.07, 6.45) is 0.639. The third-order valence-electron chi connectivity index (χ3n) is 9.13. The fraction of sp³-hybridized carbons (Fsp3) is 0.364. The molecule has 0 aliphatic carbocycles. The molecule has 3 aliphatic heterocycles. The SMILES string of the molecule is C.CC(C)OCCN1[C@H]2CCn3c(nc4cc(C(=O)O)ccc43)[C@H]2[C@H](c2cccc(Cl)c2F)[C@]12C(=O)Nc1cc(Cl)ccc12. The van der Waals surface area contributed by atoms with Gasteiger partial charge in [-0.1, -0.05) is 48.8 Å². The van der Waals surface area contributed by atoms with Crippen molar-refractivity contribution in [2.24, 2.45) is 0 Å². The number of benzene rings is 3. The van der Waals surface area contributed by atoms with Gasteiger partial charge in [-0.25, -0.2) is 14.2 Å². The molecule has 0 bridgehead atoms. The molecule has 11 heteroatoms. The molecule has 44 heavy (non-hydrogen) atoms. The number of aromatic nitrogens is 2. The van der Waals surface area contributed by atoms with Gasteiger partial charge in [-0.05, 0) is 62.2 Å². The number of hydrogen-bond acceptors (Lipinski definition) is 5. The highest BCUT2D eigenvalue weighted by Gasteiger charge is 2.68. The van der Waals surface area contributed by atoms with Crippen LogP contribution in [0.3, 0.4) is 0 Å². The molecule has 0 unspecified atom stereocenters. The van der Waals surface area contributed by atoms with Crippen LogP contribution >= 0.6 is 23.2 Å². The van der Waals surface area contributed by atoms with E-state index in [1.54, 1.807) is 42.5 Å². The minimum atomic E-state index is -1.32. The van der Waals surface area contributed by atoms with E-state index in [1.165, 1.54) is 6.07 Å². The van der Waals surface area contributed by atoms with E-state index >= 15 is 4.39 Å². The smallest absolute Gasteiger partial charge is 0.335 e. The maximum absolute atomic E-state index is 16.2. The molecule has 3 aromatic carbocycles. The molecule has 1 amide bonds. The number of imidazole rings is 1. The largest absolute Gasteiger partial charge is 0.478 e. The molecule has 8 nitrogen and oxygen atoms in total. The van der Waals surface area contributed by atoms with Crippen LogP contribution in [0.4, 0.5) is 10.1 Å². The second kappa shape index (κ2) is 11.1. The van der Waals surface area contributed by atoms with Crippen LogP contribution in [0.5, 0.6) is 0 Å². The van der Waals surface area contributed by atoms with Crippen molar-refractivity contribution in [3.05, 3.63) is 93.0 Å². The number of aromatic carboxylic acids is 1. The predicted molar refractivity (Wildman–Crippen MR) is 168 cm³/mol. The van der Waals surface area contributed by atoms with Crippen molar-refractivity contribution in [3.63, 3.8) is 0 Å². The Bertz CT molecular complexity index is 1810. The van der Waals surface area contributed by atoms with Crippen LogP contribution < -0.4 is 5.32 Å². The van der Waals surface area contributed by atoms with Crippen molar-refractivity contribution in [2.45, 2.75) is 63.8 Å². The first-order valence-corrected chi connectivity index (χ1v) is 15.1. The van der Waals surface area contributed by atoms with E-state index in [9.17, 15) is 14.7 Å². The molecule has 0 saturated carbocycles. The molecule has 1 aromatic heterocycles. The lowest BCUT2D eigenvalue weighted by Gasteiger charge is -2.40. The van der Waals surface area contributed by atoms with Gasteiger partial charge in [0.2, 0.25) is 5.91 Å². The predicted octanol–water partition coefficient (Wildman–Crippen LogP) is 7.04. The van der Waals surface area contributed by atoms with E-state index in [-0.39, 0.29) is 36.1 Å². The Morgan fingerprint density at radius 1 is 1.20 bits per heavy atom. The van der Waals surface area contributed by atoms with Crippen molar-refractivity contribution in [1.82, 2.24) is 14.5 Å². The van der Waals surface area contributed by atoms with Gasteiger partial charge in [-0.2, -0.15) is 0 Å². The zero-order chi connectivity index (χ0) is 30.2. The number of ether oxygens (including phenoxy) is 1. The first-order valence-electron chi connectivity index (χ1n) is 14.3. The fourth-order valence-electron chi connectivity index (χ4n) is 7.60. The molecule has 1 spiro atoms. The number of nitrogens with one attached hydrogen (secondary N) is 1. The van der Waals surface area contributed by atoms with Gasteiger partial charge in [-0.3, -0.25) is 9.69 Å². The van der Waals surface area contributed by atoms with Gasteiger partial charge < -0.3 is 19.7 Å². The number of carbonyl (C=O) groups is 2. The summed E-state index contributed by atoms with van der Waals surface area (Å²) in [5.41, 5.74) is 1.76. The lowest BCUT2D eigenvalue weighted by Crippen LogP contribution is -2.53. The summed E-state index contributed by atoms with van der Waals surface area (Å²) in [4.78, 5) is 33.4. The number of amides is 1. The van der Waals surface area contributed by atoms with Gasteiger partial charge in [0, 0.05) is 47.2 Å². The number of carbonyl (C=O) groups excluding carboxylic acids is 1. The molecule has 4 heterocycles. The van der Waals surface area contributed by atoms with Crippen molar-refractivity contribution < 1.29 is 23.8 Å². The third kappa shape index (κ3) is 4.35. The number of anilines is 1. The topological polar surface area (TPSA) is 96.7 Å². The van der Waals surface area contributed by atoms with Crippen molar-refractivity contribution in [2.75, 3.05) is 18.5 Å². The summed E-state index contributed by atoms with van der Waals surface area (Å²) in [5.74, 6) is -2.38. The van der Waals surface area contributed by atoms with Crippen molar-refractivity contribution in [1.29, 1.82) is 0 Å². The molecule has 7 rings (SSSR count). The Labute approximate surface area is 264 Å². The Morgan fingerprint density at radius 2 is 2.00 bits per heavy atom. The minimum absolute atomic E-state index is 0. The van der Waals surface area contributed by atoms with Gasteiger partial charge in [-0.15, -0.1) is 0 Å². The average molecular weight is 640 g/mol. The average Bonchev–Trinajstić information content (AvgIpc) is 3.57. The van der Waals surface area contributed by atoms with Crippen molar-refractivity contribution in [3.8, 4) is 0 Å². The normalized spacial score (nSPS) is 23.9. The number of carboxylic acid groups (broad SMARTS) is 1. The molecule has 0 radical (unpaired) electrons. The number of halogens is 3. The second-order valence-electron chi connectivity index (χ2n) is 11.7. The Balaban J connectivity index is 0.00000343. The molecule has 230 valence electrons. The van der Waals surface area contributed by atoms with E-state index in [0.29, 0.717) is 59.3 Å². The van der Waals surface area contributed by atoms with Crippen LogP contribution in [0, 0.1) is 5.82 Å². The first kappa shape index (κ1) is 30.5. The van der Waals surface area contributed by atoms with E-state index in [0.717, 1.165) is 5.52 Å². The lowest BCUT2D eigenvalue weighted by molar-refractivity contribution is -0.128. The number of nitrogens with zero attached hydrogens (tertiary/aromatic N) is 3. The zero-order valence-corrected chi connectivity index (χ0v) is 25.0. The summed E-state index contributed by atoms with van der Waals surface area (Å²) in [5, 5.41) is 13.1. The number of likely N-dealkylation sites (tertiary alicyclic amines) is 1. The zero-order valence-electron chi connectivity index (χ0n) is 23.5. The van der Waals surface area contributed by atoms with Gasteiger partial charge in [0.1, 0.15) is 17.2 Å². The lowest BCUT2D eigenvalue weighted by atomic mass is 9.70. The summed E-state index contributed by atoms with van der Waals surface area (Å²) < 4.78 is 24.3.